The van der Waals surface area contributed by atoms with Crippen LogP contribution in [0.1, 0.15) is 28.8 Å². The first-order chi connectivity index (χ1) is 15.4. The third-order valence-electron chi connectivity index (χ3n) is 5.55. The van der Waals surface area contributed by atoms with Crippen molar-refractivity contribution in [3.05, 3.63) is 59.0 Å². The summed E-state index contributed by atoms with van der Waals surface area (Å²) >= 11 is 1.28. The molecule has 3 heterocycles. The van der Waals surface area contributed by atoms with Gasteiger partial charge in [0.2, 0.25) is 15.9 Å². The highest BCUT2D eigenvalue weighted by Crippen LogP contribution is 2.31. The normalized spacial score (nSPS) is 16.1. The molecule has 0 aliphatic carbocycles. The second kappa shape index (κ2) is 8.12. The molecule has 8 nitrogen and oxygen atoms in total. The van der Waals surface area contributed by atoms with Gasteiger partial charge in [-0.3, -0.25) is 14.9 Å². The number of carbonyl (C=O) groups is 2. The van der Waals surface area contributed by atoms with Gasteiger partial charge in [-0.1, -0.05) is 12.1 Å². The van der Waals surface area contributed by atoms with Crippen molar-refractivity contribution >= 4 is 44.0 Å². The highest BCUT2D eigenvalue weighted by Gasteiger charge is 2.27. The lowest BCUT2D eigenvalue weighted by Crippen LogP contribution is -2.28. The summed E-state index contributed by atoms with van der Waals surface area (Å²) in [6.07, 6.45) is 2.04. The zero-order valence-electron chi connectivity index (χ0n) is 17.0. The Morgan fingerprint density at radius 3 is 2.75 bits per heavy atom. The summed E-state index contributed by atoms with van der Waals surface area (Å²) in [5, 5.41) is 7.79. The predicted octanol–water partition coefficient (Wildman–Crippen LogP) is 3.34. The Bertz CT molecular complexity index is 1330. The average Bonchev–Trinajstić information content (AvgIpc) is 3.53. The zero-order chi connectivity index (χ0) is 22.3. The number of aromatic nitrogens is 1. The van der Waals surface area contributed by atoms with Gasteiger partial charge < -0.3 is 5.32 Å². The van der Waals surface area contributed by atoms with Crippen LogP contribution in [0, 0.1) is 0 Å². The van der Waals surface area contributed by atoms with E-state index in [1.807, 2.05) is 23.6 Å². The molecule has 2 aromatic carbocycles. The molecule has 0 saturated carbocycles. The van der Waals surface area contributed by atoms with Crippen LogP contribution in [-0.4, -0.2) is 42.6 Å². The third-order valence-corrected chi connectivity index (χ3v) is 8.20. The first-order valence-corrected chi connectivity index (χ1v) is 12.5. The quantitative estimate of drug-likeness (QED) is 0.597. The minimum atomic E-state index is -3.60. The summed E-state index contributed by atoms with van der Waals surface area (Å²) in [5.41, 5.74) is 3.53. The van der Waals surface area contributed by atoms with Crippen molar-refractivity contribution < 1.29 is 18.0 Å². The van der Waals surface area contributed by atoms with Crippen LogP contribution in [0.4, 0.5) is 10.8 Å². The molecule has 2 aliphatic rings. The molecule has 3 aromatic rings. The van der Waals surface area contributed by atoms with E-state index in [0.29, 0.717) is 30.3 Å². The summed E-state index contributed by atoms with van der Waals surface area (Å²) < 4.78 is 27.0. The summed E-state index contributed by atoms with van der Waals surface area (Å²) in [7, 11) is -3.60. The minimum Gasteiger partial charge on any atom is -0.326 e. The summed E-state index contributed by atoms with van der Waals surface area (Å²) in [5.74, 6) is -0.453. The van der Waals surface area contributed by atoms with Gasteiger partial charge in [0.15, 0.2) is 5.13 Å². The van der Waals surface area contributed by atoms with Gasteiger partial charge in [0.1, 0.15) is 0 Å². The van der Waals surface area contributed by atoms with E-state index in [-0.39, 0.29) is 16.4 Å². The number of sulfonamides is 1. The van der Waals surface area contributed by atoms with Crippen molar-refractivity contribution in [1.82, 2.24) is 9.29 Å². The molecule has 2 aliphatic heterocycles. The molecule has 10 heteroatoms. The predicted molar refractivity (Wildman–Crippen MR) is 122 cm³/mol. The van der Waals surface area contributed by atoms with Crippen molar-refractivity contribution in [2.75, 3.05) is 23.7 Å². The van der Waals surface area contributed by atoms with Crippen LogP contribution in [0.2, 0.25) is 0 Å². The molecule has 0 radical (unpaired) electrons. The molecule has 0 atom stereocenters. The third kappa shape index (κ3) is 3.92. The molecule has 5 rings (SSSR count). The topological polar surface area (TPSA) is 108 Å². The second-order valence-electron chi connectivity index (χ2n) is 7.73. The number of nitrogens with zero attached hydrogens (tertiary/aromatic N) is 2. The van der Waals surface area contributed by atoms with E-state index >= 15 is 0 Å². The number of benzene rings is 2. The Morgan fingerprint density at radius 1 is 1.12 bits per heavy atom. The van der Waals surface area contributed by atoms with Crippen LogP contribution >= 0.6 is 11.3 Å². The SMILES string of the molecule is O=C1Cc2cc(-c3csc(NC(=O)c4cccc(S(=O)(=O)N5CCCC5)c4)n3)ccc2N1. The van der Waals surface area contributed by atoms with Gasteiger partial charge in [-0.15, -0.1) is 11.3 Å². The molecule has 164 valence electrons. The van der Waals surface area contributed by atoms with Crippen molar-refractivity contribution in [2.45, 2.75) is 24.2 Å². The fraction of sp³-hybridized carbons (Fsp3) is 0.227. The number of carbonyl (C=O) groups excluding carboxylic acids is 2. The largest absolute Gasteiger partial charge is 0.326 e. The van der Waals surface area contributed by atoms with Crippen LogP contribution in [0.15, 0.2) is 52.7 Å². The van der Waals surface area contributed by atoms with E-state index in [9.17, 15) is 18.0 Å². The minimum absolute atomic E-state index is 0.0302. The Balaban J connectivity index is 1.33. The number of rotatable bonds is 5. The molecule has 2 amide bonds. The van der Waals surface area contributed by atoms with Crippen LogP contribution in [0.25, 0.3) is 11.3 Å². The molecular formula is C22H20N4O4S2. The van der Waals surface area contributed by atoms with Crippen LogP contribution in [0.5, 0.6) is 0 Å². The smallest absolute Gasteiger partial charge is 0.257 e. The first kappa shape index (κ1) is 20.8. The van der Waals surface area contributed by atoms with Gasteiger partial charge in [-0.2, -0.15) is 4.31 Å². The second-order valence-corrected chi connectivity index (χ2v) is 10.5. The van der Waals surface area contributed by atoms with E-state index in [4.69, 9.17) is 0 Å². The number of fused-ring (bicyclic) bond motifs is 1. The van der Waals surface area contributed by atoms with E-state index in [0.717, 1.165) is 29.7 Å². The Hall–Kier alpha value is -3.08. The molecule has 0 unspecified atom stereocenters. The highest BCUT2D eigenvalue weighted by molar-refractivity contribution is 7.89. The molecule has 1 fully saturated rings. The number of hydrogen-bond donors (Lipinski definition) is 2. The fourth-order valence-electron chi connectivity index (χ4n) is 3.90. The van der Waals surface area contributed by atoms with Crippen molar-refractivity contribution in [2.24, 2.45) is 0 Å². The lowest BCUT2D eigenvalue weighted by atomic mass is 10.1. The molecule has 32 heavy (non-hydrogen) atoms. The molecule has 1 saturated heterocycles. The zero-order valence-corrected chi connectivity index (χ0v) is 18.6. The van der Waals surface area contributed by atoms with Crippen molar-refractivity contribution in [3.8, 4) is 11.3 Å². The van der Waals surface area contributed by atoms with Gasteiger partial charge in [-0.25, -0.2) is 13.4 Å². The maximum absolute atomic E-state index is 12.8. The Labute approximate surface area is 189 Å². The van der Waals surface area contributed by atoms with E-state index < -0.39 is 15.9 Å². The number of amides is 2. The molecule has 2 N–H and O–H groups in total. The van der Waals surface area contributed by atoms with E-state index in [1.54, 1.807) is 12.1 Å². The van der Waals surface area contributed by atoms with Crippen LogP contribution in [-0.2, 0) is 21.2 Å². The Kier molecular flexibility index (Phi) is 5.28. The first-order valence-electron chi connectivity index (χ1n) is 10.2. The summed E-state index contributed by atoms with van der Waals surface area (Å²) in [4.78, 5) is 28.9. The van der Waals surface area contributed by atoms with Gasteiger partial charge in [-0.05, 0) is 48.7 Å². The van der Waals surface area contributed by atoms with Gasteiger partial charge in [0.05, 0.1) is 17.0 Å². The number of hydrogen-bond acceptors (Lipinski definition) is 6. The number of nitrogens with one attached hydrogen (secondary N) is 2. The maximum atomic E-state index is 12.8. The molecule has 0 bridgehead atoms. The molecule has 0 spiro atoms. The fourth-order valence-corrected chi connectivity index (χ4v) is 6.18. The van der Waals surface area contributed by atoms with Crippen molar-refractivity contribution in [3.63, 3.8) is 0 Å². The van der Waals surface area contributed by atoms with Gasteiger partial charge in [0.25, 0.3) is 5.91 Å². The summed E-state index contributed by atoms with van der Waals surface area (Å²) in [6.45, 7) is 1.02. The standard InChI is InChI=1S/C22H20N4O4S2/c27-20-12-16-10-14(6-7-18(16)23-20)19-13-31-22(24-19)25-21(28)15-4-3-5-17(11-15)32(29,30)26-8-1-2-9-26/h3-7,10-11,13H,1-2,8-9,12H2,(H,23,27)(H,24,25,28). The lowest BCUT2D eigenvalue weighted by molar-refractivity contribution is -0.115. The average molecular weight is 469 g/mol. The van der Waals surface area contributed by atoms with Crippen molar-refractivity contribution in [1.29, 1.82) is 0 Å². The van der Waals surface area contributed by atoms with Gasteiger partial charge in [0, 0.05) is 35.3 Å². The number of thiazole rings is 1. The highest BCUT2D eigenvalue weighted by atomic mass is 32.2. The van der Waals surface area contributed by atoms with E-state index in [1.165, 1.54) is 27.8 Å². The molecule has 1 aromatic heterocycles. The summed E-state index contributed by atoms with van der Waals surface area (Å²) in [6, 6.07) is 11.7. The number of anilines is 2. The van der Waals surface area contributed by atoms with Crippen LogP contribution in [0.3, 0.4) is 0 Å². The lowest BCUT2D eigenvalue weighted by Gasteiger charge is -2.15. The van der Waals surface area contributed by atoms with Gasteiger partial charge >= 0.3 is 0 Å². The van der Waals surface area contributed by atoms with E-state index in [2.05, 4.69) is 15.6 Å². The van der Waals surface area contributed by atoms with Crippen LogP contribution < -0.4 is 10.6 Å². The Morgan fingerprint density at radius 2 is 1.94 bits per heavy atom. The maximum Gasteiger partial charge on any atom is 0.257 e. The molecular weight excluding hydrogens is 448 g/mol. The monoisotopic (exact) mass is 468 g/mol.